The first-order valence-electron chi connectivity index (χ1n) is 22.6. The fraction of sp³-hybridized carbons (Fsp3) is 0.458. The fourth-order valence-corrected chi connectivity index (χ4v) is 12.3. The number of piperidine rings is 2. The van der Waals surface area contributed by atoms with Crippen molar-refractivity contribution in [2.45, 2.75) is 93.7 Å². The van der Waals surface area contributed by atoms with Gasteiger partial charge in [0.1, 0.15) is 23.8 Å². The number of H-pyrrole nitrogens is 1. The van der Waals surface area contributed by atoms with Crippen LogP contribution in [0.2, 0.25) is 0 Å². The first-order valence-corrected chi connectivity index (χ1v) is 24.1. The second-order valence-electron chi connectivity index (χ2n) is 19.1. The van der Waals surface area contributed by atoms with Gasteiger partial charge in [-0.05, 0) is 118 Å². The van der Waals surface area contributed by atoms with Crippen molar-refractivity contribution in [1.29, 1.82) is 0 Å². The van der Waals surface area contributed by atoms with Gasteiger partial charge < -0.3 is 29.6 Å². The summed E-state index contributed by atoms with van der Waals surface area (Å²) in [5, 5.41) is 16.5. The number of aromatic amines is 1. The monoisotopic (exact) mass is 888 g/mol. The van der Waals surface area contributed by atoms with Crippen LogP contribution in [0.1, 0.15) is 98.7 Å². The normalized spacial score (nSPS) is 22.6. The van der Waals surface area contributed by atoms with Gasteiger partial charge in [0.05, 0.1) is 27.1 Å². The Hall–Kier alpha value is -5.71. The average molecular weight is 889 g/mol. The number of nitrogens with zero attached hydrogens (tertiary/aromatic N) is 5. The standard InChI is InChI=1S/C48H56N8O7S/c1-31(2)37-8-4-5-9-38(37)40-10-6-19-55(40)34-26-47(27-34)15-20-54(21-16-47)33-11-12-39(42(23-33)63-35-22-32-13-17-49-45(32)50-28-35)46(57)52-64(60,61)36-24-41(56(58)59)44-43(25-36)62-30-48(51-44)14-7-18-53(3)29-48/h4-5,8-9,11-13,17,22-25,28,31,34,40,51H,6-7,10,14-16,18-21,26-27,29-30H2,1-3H3,(H,49,50)(H,52,57)/t40-,48?/m0/s1. The number of sulfonamides is 1. The van der Waals surface area contributed by atoms with Gasteiger partial charge in [0.2, 0.25) is 0 Å². The highest BCUT2D eigenvalue weighted by Gasteiger charge is 2.50. The molecule has 0 radical (unpaired) electrons. The molecule has 4 fully saturated rings. The molecular formula is C48H56N8O7S. The summed E-state index contributed by atoms with van der Waals surface area (Å²) in [7, 11) is -2.65. The summed E-state index contributed by atoms with van der Waals surface area (Å²) >= 11 is 0. The van der Waals surface area contributed by atoms with Gasteiger partial charge in [-0.3, -0.25) is 19.8 Å². The summed E-state index contributed by atoms with van der Waals surface area (Å²) in [5.74, 6) is 0.103. The van der Waals surface area contributed by atoms with Crippen LogP contribution in [0.3, 0.4) is 0 Å². The minimum atomic E-state index is -4.63. The van der Waals surface area contributed by atoms with Crippen molar-refractivity contribution in [3.8, 4) is 17.2 Å². The number of likely N-dealkylation sites (tertiary alicyclic amines) is 2. The molecule has 16 heteroatoms. The van der Waals surface area contributed by atoms with Crippen molar-refractivity contribution in [3.05, 3.63) is 106 Å². The van der Waals surface area contributed by atoms with E-state index < -0.39 is 37.0 Å². The minimum Gasteiger partial charge on any atom is -0.489 e. The van der Waals surface area contributed by atoms with E-state index in [2.05, 4.69) is 72.8 Å². The zero-order valence-electron chi connectivity index (χ0n) is 36.6. The van der Waals surface area contributed by atoms with Crippen LogP contribution in [-0.4, -0.2) is 97.0 Å². The molecule has 5 aliphatic rings. The maximum atomic E-state index is 14.1. The third kappa shape index (κ3) is 7.93. The van der Waals surface area contributed by atoms with E-state index in [0.717, 1.165) is 69.0 Å². The van der Waals surface area contributed by atoms with Crippen LogP contribution in [0.4, 0.5) is 17.1 Å². The fourth-order valence-electron chi connectivity index (χ4n) is 11.3. The molecule has 336 valence electrons. The Kier molecular flexibility index (Phi) is 10.8. The maximum Gasteiger partial charge on any atom is 0.297 e. The van der Waals surface area contributed by atoms with Gasteiger partial charge in [-0.1, -0.05) is 38.1 Å². The Morgan fingerprint density at radius 1 is 1.02 bits per heavy atom. The Labute approximate surface area is 373 Å². The number of rotatable bonds is 10. The van der Waals surface area contributed by atoms with E-state index in [-0.39, 0.29) is 29.4 Å². The lowest BCUT2D eigenvalue weighted by atomic mass is 9.59. The highest BCUT2D eigenvalue weighted by Crippen LogP contribution is 2.54. The van der Waals surface area contributed by atoms with Gasteiger partial charge in [-0.15, -0.1) is 0 Å². The van der Waals surface area contributed by atoms with E-state index in [9.17, 15) is 23.3 Å². The number of aromatic nitrogens is 2. The van der Waals surface area contributed by atoms with Crippen molar-refractivity contribution in [1.82, 2.24) is 24.5 Å². The summed E-state index contributed by atoms with van der Waals surface area (Å²) in [6.45, 7) is 9.14. The Bertz CT molecular complexity index is 2730. The van der Waals surface area contributed by atoms with Crippen molar-refractivity contribution in [2.75, 3.05) is 56.6 Å². The summed E-state index contributed by atoms with van der Waals surface area (Å²) < 4.78 is 42.5. The van der Waals surface area contributed by atoms with Crippen LogP contribution in [0.5, 0.6) is 17.2 Å². The number of nitrogens with one attached hydrogen (secondary N) is 3. The molecule has 1 amide bonds. The van der Waals surface area contributed by atoms with Crippen LogP contribution in [0.25, 0.3) is 11.0 Å². The predicted octanol–water partition coefficient (Wildman–Crippen LogP) is 8.36. The van der Waals surface area contributed by atoms with E-state index in [1.165, 1.54) is 42.9 Å². The molecule has 1 unspecified atom stereocenters. The molecule has 15 nitrogen and oxygen atoms in total. The van der Waals surface area contributed by atoms with E-state index in [0.29, 0.717) is 41.4 Å². The number of hydrogen-bond donors (Lipinski definition) is 3. The van der Waals surface area contributed by atoms with Gasteiger partial charge in [-0.2, -0.15) is 0 Å². The quantitative estimate of drug-likeness (QED) is 0.0904. The second-order valence-corrected chi connectivity index (χ2v) is 20.8. The second kappa shape index (κ2) is 16.4. The van der Waals surface area contributed by atoms with Crippen molar-refractivity contribution >= 4 is 44.0 Å². The lowest BCUT2D eigenvalue weighted by Crippen LogP contribution is -2.57. The van der Waals surface area contributed by atoms with Crippen molar-refractivity contribution in [3.63, 3.8) is 0 Å². The number of likely N-dealkylation sites (N-methyl/N-ethyl adjacent to an activating group) is 1. The highest BCUT2D eigenvalue weighted by atomic mass is 32.2. The SMILES string of the molecule is CC(C)c1ccccc1[C@@H]1CCCN1C1CC2(CCN(c3ccc(C(=O)NS(=O)(=O)c4cc5c(c([N+](=O)[O-])c4)NC4(CCCN(C)C4)CO5)c(Oc4cnc5[nH]ccc5c4)c3)CC2)C1. The van der Waals surface area contributed by atoms with Crippen LogP contribution < -0.4 is 24.4 Å². The smallest absolute Gasteiger partial charge is 0.297 e. The largest absolute Gasteiger partial charge is 0.489 e. The van der Waals surface area contributed by atoms with Crippen LogP contribution in [-0.2, 0) is 10.0 Å². The van der Waals surface area contributed by atoms with Crippen LogP contribution in [0.15, 0.2) is 84.0 Å². The summed E-state index contributed by atoms with van der Waals surface area (Å²) in [6.07, 6.45) is 11.9. The number of amides is 1. The number of carbonyl (C=O) groups is 1. The number of pyridine rings is 1. The van der Waals surface area contributed by atoms with Gasteiger partial charge in [-0.25, -0.2) is 18.1 Å². The Balaban J connectivity index is 0.868. The number of carbonyl (C=O) groups excluding carboxylic acids is 1. The number of anilines is 2. The minimum absolute atomic E-state index is 0.0234. The number of hydrogen-bond acceptors (Lipinski definition) is 12. The third-order valence-electron chi connectivity index (χ3n) is 14.5. The van der Waals surface area contributed by atoms with Crippen molar-refractivity contribution in [2.24, 2.45) is 5.41 Å². The molecule has 3 saturated heterocycles. The lowest BCUT2D eigenvalue weighted by molar-refractivity contribution is -0.384. The molecule has 3 aromatic carbocycles. The summed E-state index contributed by atoms with van der Waals surface area (Å²) in [6, 6.07) is 21.1. The summed E-state index contributed by atoms with van der Waals surface area (Å²) in [5.41, 5.74) is 3.90. The number of nitro benzene ring substituents is 1. The molecule has 4 aliphatic heterocycles. The number of nitro groups is 1. The van der Waals surface area contributed by atoms with Crippen molar-refractivity contribution < 1.29 is 27.6 Å². The lowest BCUT2D eigenvalue weighted by Gasteiger charge is -2.56. The zero-order valence-corrected chi connectivity index (χ0v) is 37.5. The van der Waals surface area contributed by atoms with Gasteiger partial charge in [0.25, 0.3) is 21.6 Å². The molecular weight excluding hydrogens is 833 g/mol. The molecule has 2 spiro atoms. The maximum absolute atomic E-state index is 14.1. The van der Waals surface area contributed by atoms with E-state index in [4.69, 9.17) is 9.47 Å². The molecule has 2 aromatic heterocycles. The number of benzene rings is 3. The first kappa shape index (κ1) is 42.3. The number of fused-ring (bicyclic) bond motifs is 2. The average Bonchev–Trinajstić information content (AvgIpc) is 3.95. The molecule has 5 aromatic rings. The highest BCUT2D eigenvalue weighted by molar-refractivity contribution is 7.90. The molecule has 2 atom stereocenters. The molecule has 64 heavy (non-hydrogen) atoms. The Morgan fingerprint density at radius 2 is 1.83 bits per heavy atom. The van der Waals surface area contributed by atoms with Gasteiger partial charge in [0, 0.05) is 67.2 Å². The van der Waals surface area contributed by atoms with Gasteiger partial charge >= 0.3 is 0 Å². The van der Waals surface area contributed by atoms with Gasteiger partial charge in [0.15, 0.2) is 11.4 Å². The molecule has 3 N–H and O–H groups in total. The topological polar surface area (TPSA) is 175 Å². The molecule has 1 aliphatic carbocycles. The predicted molar refractivity (Wildman–Crippen MR) is 245 cm³/mol. The van der Waals surface area contributed by atoms with E-state index >= 15 is 0 Å². The molecule has 6 heterocycles. The third-order valence-corrected chi connectivity index (χ3v) is 15.8. The molecule has 1 saturated carbocycles. The first-order chi connectivity index (χ1) is 30.8. The number of ether oxygens (including phenoxy) is 2. The van der Waals surface area contributed by atoms with E-state index in [1.54, 1.807) is 30.6 Å². The molecule has 10 rings (SSSR count). The van der Waals surface area contributed by atoms with E-state index in [1.807, 2.05) is 19.2 Å². The summed E-state index contributed by atoms with van der Waals surface area (Å²) in [4.78, 5) is 40.1. The Morgan fingerprint density at radius 3 is 2.61 bits per heavy atom. The zero-order chi connectivity index (χ0) is 44.4. The van der Waals surface area contributed by atoms with Crippen LogP contribution in [0, 0.1) is 15.5 Å². The van der Waals surface area contributed by atoms with Crippen LogP contribution >= 0.6 is 0 Å². The molecule has 0 bridgehead atoms.